The molecule has 3 aromatic rings. The summed E-state index contributed by atoms with van der Waals surface area (Å²) >= 11 is 0. The molecule has 174 valence electrons. The number of carbonyl (C=O) groups is 2. The Morgan fingerprint density at radius 1 is 0.706 bits per heavy atom. The van der Waals surface area contributed by atoms with Crippen LogP contribution in [0, 0.1) is 0 Å². The summed E-state index contributed by atoms with van der Waals surface area (Å²) in [6.07, 6.45) is 0.828. The molecule has 0 atom stereocenters. The monoisotopic (exact) mass is 454 g/mol. The van der Waals surface area contributed by atoms with E-state index >= 15 is 0 Å². The van der Waals surface area contributed by atoms with E-state index < -0.39 is 0 Å². The van der Waals surface area contributed by atoms with Gasteiger partial charge >= 0.3 is 0 Å². The molecule has 3 aromatic carbocycles. The van der Waals surface area contributed by atoms with Crippen LogP contribution in [0.4, 0.5) is 11.4 Å². The Labute approximate surface area is 200 Å². The first-order valence-electron chi connectivity index (χ1n) is 12.2. The molecular weight excluding hydrogens is 424 g/mol. The molecule has 0 unspecified atom stereocenters. The van der Waals surface area contributed by atoms with Gasteiger partial charge in [-0.1, -0.05) is 24.3 Å². The maximum atomic E-state index is 13.9. The molecule has 2 fully saturated rings. The summed E-state index contributed by atoms with van der Waals surface area (Å²) in [6.45, 7) is 7.85. The van der Waals surface area contributed by atoms with Gasteiger partial charge in [-0.15, -0.1) is 0 Å². The predicted octanol–water partition coefficient (Wildman–Crippen LogP) is 3.37. The van der Waals surface area contributed by atoms with E-state index in [1.807, 2.05) is 18.2 Å². The summed E-state index contributed by atoms with van der Waals surface area (Å²) in [6, 6.07) is 14.5. The quantitative estimate of drug-likeness (QED) is 0.443. The summed E-state index contributed by atoms with van der Waals surface area (Å²) < 4.78 is 0. The van der Waals surface area contributed by atoms with Gasteiger partial charge in [0, 0.05) is 91.2 Å². The Morgan fingerprint density at radius 3 is 2.03 bits per heavy atom. The van der Waals surface area contributed by atoms with Crippen LogP contribution < -0.4 is 9.80 Å². The average Bonchev–Trinajstić information content (AvgIpc) is 2.87. The molecule has 3 aliphatic rings. The first-order chi connectivity index (χ1) is 16.5. The fraction of sp³-hybridized carbons (Fsp3) is 0.357. The van der Waals surface area contributed by atoms with Gasteiger partial charge in [0.2, 0.25) is 0 Å². The van der Waals surface area contributed by atoms with Crippen LogP contribution in [0.3, 0.4) is 0 Å². The molecule has 0 amide bonds. The van der Waals surface area contributed by atoms with Crippen molar-refractivity contribution in [1.29, 1.82) is 0 Å². The van der Waals surface area contributed by atoms with Crippen molar-refractivity contribution in [3.05, 3.63) is 59.2 Å². The van der Waals surface area contributed by atoms with Crippen LogP contribution >= 0.6 is 0 Å². The van der Waals surface area contributed by atoms with E-state index in [0.29, 0.717) is 16.7 Å². The highest BCUT2D eigenvalue weighted by Gasteiger charge is 2.30. The molecule has 1 aliphatic carbocycles. The lowest BCUT2D eigenvalue weighted by Gasteiger charge is -2.36. The fourth-order valence-electron chi connectivity index (χ4n) is 5.69. The molecule has 0 N–H and O–H groups in total. The van der Waals surface area contributed by atoms with Gasteiger partial charge in [-0.25, -0.2) is 0 Å². The normalized spacial score (nSPS) is 18.9. The third kappa shape index (κ3) is 3.32. The Kier molecular flexibility index (Phi) is 5.15. The second-order valence-electron chi connectivity index (χ2n) is 9.84. The predicted molar refractivity (Wildman–Crippen MR) is 138 cm³/mol. The molecule has 0 aromatic heterocycles. The van der Waals surface area contributed by atoms with E-state index in [1.54, 1.807) is 0 Å². The van der Waals surface area contributed by atoms with E-state index in [0.717, 1.165) is 91.9 Å². The zero-order chi connectivity index (χ0) is 23.4. The minimum Gasteiger partial charge on any atom is -0.369 e. The van der Waals surface area contributed by atoms with Gasteiger partial charge in [0.25, 0.3) is 0 Å². The number of aldehydes is 1. The summed E-state index contributed by atoms with van der Waals surface area (Å²) in [5.41, 5.74) is 5.98. The zero-order valence-electron chi connectivity index (χ0n) is 19.9. The van der Waals surface area contributed by atoms with Gasteiger partial charge < -0.3 is 19.6 Å². The van der Waals surface area contributed by atoms with Crippen molar-refractivity contribution in [2.24, 2.45) is 0 Å². The highest BCUT2D eigenvalue weighted by atomic mass is 16.1. The minimum absolute atomic E-state index is 0.0401. The maximum absolute atomic E-state index is 13.9. The standard InChI is InChI=1S/C28H30N4O2/c1-29-9-13-31(14-10-29)20-4-6-21-22-7-8-25(32-15-11-30(2)12-16-32)23-5-3-19(18-33)26(27(22)23)28(34)24(21)17-20/h3-8,17-18H,9-16H2,1-2H3. The third-order valence-electron chi connectivity index (χ3n) is 7.80. The van der Waals surface area contributed by atoms with Gasteiger partial charge in [0.15, 0.2) is 12.1 Å². The molecule has 0 bridgehead atoms. The summed E-state index contributed by atoms with van der Waals surface area (Å²) in [5, 5.41) is 1.98. The summed E-state index contributed by atoms with van der Waals surface area (Å²) in [4.78, 5) is 35.3. The number of anilines is 2. The van der Waals surface area contributed by atoms with Gasteiger partial charge in [-0.3, -0.25) is 9.59 Å². The van der Waals surface area contributed by atoms with Crippen molar-refractivity contribution in [2.75, 3.05) is 76.3 Å². The lowest BCUT2D eigenvalue weighted by molar-refractivity contribution is 0.103. The molecule has 0 radical (unpaired) electrons. The summed E-state index contributed by atoms with van der Waals surface area (Å²) in [5.74, 6) is -0.0401. The van der Waals surface area contributed by atoms with Crippen LogP contribution in [0.2, 0.25) is 0 Å². The molecule has 6 rings (SSSR count). The SMILES string of the molecule is CN1CCN(c2ccc3c(c2)C(=O)c2c(C=O)ccc4c(N5CCN(C)CC5)ccc-3c24)CC1. The van der Waals surface area contributed by atoms with Gasteiger partial charge in [-0.05, 0) is 43.4 Å². The fourth-order valence-corrected chi connectivity index (χ4v) is 5.69. The number of rotatable bonds is 3. The van der Waals surface area contributed by atoms with E-state index in [9.17, 15) is 9.59 Å². The van der Waals surface area contributed by atoms with E-state index in [2.05, 4.69) is 58.0 Å². The number of fused-ring (bicyclic) bond motifs is 2. The second kappa shape index (κ2) is 8.22. The molecule has 34 heavy (non-hydrogen) atoms. The molecule has 6 heteroatoms. The maximum Gasteiger partial charge on any atom is 0.195 e. The number of nitrogens with zero attached hydrogens (tertiary/aromatic N) is 4. The lowest BCUT2D eigenvalue weighted by atomic mass is 9.80. The lowest BCUT2D eigenvalue weighted by Crippen LogP contribution is -2.44. The number of benzene rings is 3. The highest BCUT2D eigenvalue weighted by molar-refractivity contribution is 6.29. The minimum atomic E-state index is -0.0401. The Bertz CT molecular complexity index is 1300. The first-order valence-corrected chi connectivity index (χ1v) is 12.2. The second-order valence-corrected chi connectivity index (χ2v) is 9.84. The number of hydrogen-bond acceptors (Lipinski definition) is 6. The number of piperazine rings is 2. The van der Waals surface area contributed by atoms with Crippen LogP contribution in [-0.2, 0) is 0 Å². The summed E-state index contributed by atoms with van der Waals surface area (Å²) in [7, 11) is 4.29. The number of hydrogen-bond donors (Lipinski definition) is 0. The third-order valence-corrected chi connectivity index (χ3v) is 7.80. The highest BCUT2D eigenvalue weighted by Crippen LogP contribution is 2.44. The van der Waals surface area contributed by atoms with Crippen molar-refractivity contribution < 1.29 is 9.59 Å². The molecule has 6 nitrogen and oxygen atoms in total. The molecule has 2 aliphatic heterocycles. The smallest absolute Gasteiger partial charge is 0.195 e. The van der Waals surface area contributed by atoms with Gasteiger partial charge in [-0.2, -0.15) is 0 Å². The molecular formula is C28H30N4O2. The van der Waals surface area contributed by atoms with Crippen molar-refractivity contribution in [3.63, 3.8) is 0 Å². The van der Waals surface area contributed by atoms with Crippen molar-refractivity contribution >= 4 is 34.2 Å². The number of carbonyl (C=O) groups excluding carboxylic acids is 2. The van der Waals surface area contributed by atoms with Crippen molar-refractivity contribution in [2.45, 2.75) is 0 Å². The molecule has 0 saturated carbocycles. The van der Waals surface area contributed by atoms with Crippen LogP contribution in [0.25, 0.3) is 21.9 Å². The van der Waals surface area contributed by atoms with E-state index in [4.69, 9.17) is 0 Å². The van der Waals surface area contributed by atoms with E-state index in [-0.39, 0.29) is 5.78 Å². The zero-order valence-corrected chi connectivity index (χ0v) is 19.9. The van der Waals surface area contributed by atoms with Crippen molar-refractivity contribution in [1.82, 2.24) is 9.80 Å². The number of ketones is 1. The largest absolute Gasteiger partial charge is 0.369 e. The van der Waals surface area contributed by atoms with Crippen LogP contribution in [0.1, 0.15) is 26.3 Å². The Hall–Kier alpha value is -3.22. The first kappa shape index (κ1) is 21.3. The molecule has 2 saturated heterocycles. The molecule has 0 spiro atoms. The van der Waals surface area contributed by atoms with Crippen molar-refractivity contribution in [3.8, 4) is 11.1 Å². The van der Waals surface area contributed by atoms with E-state index in [1.165, 1.54) is 0 Å². The van der Waals surface area contributed by atoms with Crippen LogP contribution in [0.5, 0.6) is 0 Å². The topological polar surface area (TPSA) is 47.1 Å². The number of likely N-dealkylation sites (N-methyl/N-ethyl adjacent to an activating group) is 2. The Morgan fingerprint density at radius 2 is 1.35 bits per heavy atom. The average molecular weight is 455 g/mol. The van der Waals surface area contributed by atoms with Gasteiger partial charge in [0.1, 0.15) is 0 Å². The Balaban J connectivity index is 1.50. The van der Waals surface area contributed by atoms with Crippen LogP contribution in [-0.4, -0.2) is 88.3 Å². The molecule has 2 heterocycles. The van der Waals surface area contributed by atoms with Crippen LogP contribution in [0.15, 0.2) is 42.5 Å². The van der Waals surface area contributed by atoms with Gasteiger partial charge in [0.05, 0.1) is 0 Å².